The molecular weight excluding hydrogens is 429 g/mol. The number of methoxy groups -OCH3 is 1. The maximum absolute atomic E-state index is 13.1. The molecule has 2 unspecified atom stereocenters. The largest absolute Gasteiger partial charge is 0.490 e. The van der Waals surface area contributed by atoms with Gasteiger partial charge in [-0.1, -0.05) is 42.5 Å². The van der Waals surface area contributed by atoms with Crippen molar-refractivity contribution in [3.05, 3.63) is 95.8 Å². The van der Waals surface area contributed by atoms with E-state index >= 15 is 0 Å². The zero-order valence-corrected chi connectivity index (χ0v) is 19.6. The smallest absolute Gasteiger partial charge is 0.123 e. The van der Waals surface area contributed by atoms with E-state index in [1.807, 2.05) is 30.3 Å². The van der Waals surface area contributed by atoms with E-state index in [4.69, 9.17) is 14.2 Å². The highest BCUT2D eigenvalue weighted by molar-refractivity contribution is 5.29. The van der Waals surface area contributed by atoms with E-state index in [0.29, 0.717) is 18.4 Å². The van der Waals surface area contributed by atoms with Crippen LogP contribution >= 0.6 is 0 Å². The van der Waals surface area contributed by atoms with Crippen molar-refractivity contribution in [3.63, 3.8) is 0 Å². The number of nitrogens with zero attached hydrogens (tertiary/aromatic N) is 1. The minimum absolute atomic E-state index is 0.0354. The summed E-state index contributed by atoms with van der Waals surface area (Å²) >= 11 is 0. The molecule has 0 N–H and O–H groups in total. The molecular formula is C29H32FNO3. The van der Waals surface area contributed by atoms with Crippen LogP contribution in [0.3, 0.4) is 0 Å². The Morgan fingerprint density at radius 3 is 2.15 bits per heavy atom. The van der Waals surface area contributed by atoms with E-state index < -0.39 is 0 Å². The van der Waals surface area contributed by atoms with E-state index in [0.717, 1.165) is 49.5 Å². The van der Waals surface area contributed by atoms with Gasteiger partial charge in [-0.3, -0.25) is 4.90 Å². The molecule has 4 atom stereocenters. The van der Waals surface area contributed by atoms with Gasteiger partial charge in [0.2, 0.25) is 0 Å². The second-order valence-electron chi connectivity index (χ2n) is 9.47. The first-order chi connectivity index (χ1) is 16.7. The minimum atomic E-state index is -0.228. The summed E-state index contributed by atoms with van der Waals surface area (Å²) in [6.45, 7) is 3.60. The molecule has 0 radical (unpaired) electrons. The fraction of sp³-hybridized carbons (Fsp3) is 0.379. The fourth-order valence-electron chi connectivity index (χ4n) is 5.36. The minimum Gasteiger partial charge on any atom is -0.490 e. The van der Waals surface area contributed by atoms with Crippen LogP contribution in [0.2, 0.25) is 0 Å². The van der Waals surface area contributed by atoms with Crippen LogP contribution in [0.4, 0.5) is 4.39 Å². The first-order valence-electron chi connectivity index (χ1n) is 12.1. The van der Waals surface area contributed by atoms with Crippen LogP contribution in [0.15, 0.2) is 78.9 Å². The van der Waals surface area contributed by atoms with Gasteiger partial charge in [0.15, 0.2) is 0 Å². The predicted octanol–water partition coefficient (Wildman–Crippen LogP) is 5.88. The van der Waals surface area contributed by atoms with Crippen LogP contribution in [0.25, 0.3) is 0 Å². The molecule has 0 spiro atoms. The lowest BCUT2D eigenvalue weighted by Crippen LogP contribution is -2.29. The third kappa shape index (κ3) is 5.60. The van der Waals surface area contributed by atoms with E-state index in [9.17, 15) is 4.39 Å². The van der Waals surface area contributed by atoms with Crippen LogP contribution in [0.5, 0.6) is 11.5 Å². The molecule has 1 saturated carbocycles. The Morgan fingerprint density at radius 1 is 0.853 bits per heavy atom. The van der Waals surface area contributed by atoms with Crippen LogP contribution < -0.4 is 9.47 Å². The van der Waals surface area contributed by atoms with Crippen molar-refractivity contribution >= 4 is 0 Å². The highest BCUT2D eigenvalue weighted by Crippen LogP contribution is 2.40. The van der Waals surface area contributed by atoms with Gasteiger partial charge in [-0.2, -0.15) is 0 Å². The number of hydrogen-bond donors (Lipinski definition) is 0. The molecule has 0 aromatic heterocycles. The number of rotatable bonds is 9. The summed E-state index contributed by atoms with van der Waals surface area (Å²) in [7, 11) is 1.79. The molecule has 2 fully saturated rings. The molecule has 3 aromatic rings. The van der Waals surface area contributed by atoms with E-state index in [2.05, 4.69) is 29.2 Å². The third-order valence-corrected chi connectivity index (χ3v) is 7.11. The predicted molar refractivity (Wildman–Crippen MR) is 130 cm³/mol. The SMILES string of the molecule is COC(CN1C[C@H]2CC(Oc3ccc(F)cc3)C[C@H]2C1)c1ccc(OCc2ccccc2)cc1. The van der Waals surface area contributed by atoms with Gasteiger partial charge in [0.05, 0.1) is 12.2 Å². The monoisotopic (exact) mass is 461 g/mol. The Morgan fingerprint density at radius 2 is 1.50 bits per heavy atom. The lowest BCUT2D eigenvalue weighted by atomic mass is 10.0. The molecule has 3 aromatic carbocycles. The number of ether oxygens (including phenoxy) is 3. The first kappa shape index (κ1) is 22.9. The Hall–Kier alpha value is -2.89. The summed E-state index contributed by atoms with van der Waals surface area (Å²) in [4.78, 5) is 2.53. The molecule has 4 nitrogen and oxygen atoms in total. The van der Waals surface area contributed by atoms with Gasteiger partial charge < -0.3 is 14.2 Å². The summed E-state index contributed by atoms with van der Waals surface area (Å²) in [6, 6.07) is 24.8. The van der Waals surface area contributed by atoms with Gasteiger partial charge >= 0.3 is 0 Å². The van der Waals surface area contributed by atoms with Crippen LogP contribution in [-0.2, 0) is 11.3 Å². The standard InChI is InChI=1S/C29H32FNO3/c1-32-29(22-7-11-26(12-8-22)33-20-21-5-3-2-4-6-21)19-31-17-23-15-28(16-24(23)18-31)34-27-13-9-25(30)10-14-27/h2-14,23-24,28-29H,15-20H2,1H3/t23-,24+,28?,29?. The molecule has 178 valence electrons. The average Bonchev–Trinajstić information content (AvgIpc) is 3.42. The lowest BCUT2D eigenvalue weighted by Gasteiger charge is -2.25. The lowest BCUT2D eigenvalue weighted by molar-refractivity contribution is 0.0667. The maximum Gasteiger partial charge on any atom is 0.123 e. The van der Waals surface area contributed by atoms with E-state index in [1.54, 1.807) is 19.2 Å². The molecule has 1 aliphatic heterocycles. The average molecular weight is 462 g/mol. The number of hydrogen-bond acceptors (Lipinski definition) is 4. The van der Waals surface area contributed by atoms with Gasteiger partial charge in [-0.05, 0) is 72.2 Å². The van der Waals surface area contributed by atoms with Crippen LogP contribution in [-0.4, -0.2) is 37.7 Å². The van der Waals surface area contributed by atoms with Crippen molar-refractivity contribution in [3.8, 4) is 11.5 Å². The number of likely N-dealkylation sites (tertiary alicyclic amines) is 1. The summed E-state index contributed by atoms with van der Waals surface area (Å²) in [5.74, 6) is 2.70. The molecule has 5 rings (SSSR count). The zero-order valence-electron chi connectivity index (χ0n) is 19.6. The zero-order chi connectivity index (χ0) is 23.3. The van der Waals surface area contributed by atoms with E-state index in [-0.39, 0.29) is 18.0 Å². The van der Waals surface area contributed by atoms with Gasteiger partial charge in [0.1, 0.15) is 23.9 Å². The van der Waals surface area contributed by atoms with Gasteiger partial charge in [-0.15, -0.1) is 0 Å². The second kappa shape index (κ2) is 10.6. The van der Waals surface area contributed by atoms with Crippen LogP contribution in [0.1, 0.15) is 30.1 Å². The molecule has 1 aliphatic carbocycles. The fourth-order valence-corrected chi connectivity index (χ4v) is 5.36. The number of benzene rings is 3. The second-order valence-corrected chi connectivity index (χ2v) is 9.47. The quantitative estimate of drug-likeness (QED) is 0.398. The Kier molecular flexibility index (Phi) is 7.12. The molecule has 1 heterocycles. The van der Waals surface area contributed by atoms with E-state index in [1.165, 1.54) is 17.7 Å². The molecule has 34 heavy (non-hydrogen) atoms. The van der Waals surface area contributed by atoms with Gasteiger partial charge in [-0.25, -0.2) is 4.39 Å². The van der Waals surface area contributed by atoms with Crippen molar-refractivity contribution in [1.82, 2.24) is 4.90 Å². The number of fused-ring (bicyclic) bond motifs is 1. The molecule has 0 bridgehead atoms. The first-order valence-corrected chi connectivity index (χ1v) is 12.1. The summed E-state index contributed by atoms with van der Waals surface area (Å²) in [6.07, 6.45) is 2.38. The maximum atomic E-state index is 13.1. The summed E-state index contributed by atoms with van der Waals surface area (Å²) < 4.78 is 31.0. The van der Waals surface area contributed by atoms with Crippen molar-refractivity contribution in [1.29, 1.82) is 0 Å². The van der Waals surface area contributed by atoms with Crippen molar-refractivity contribution in [2.75, 3.05) is 26.7 Å². The Labute approximate surface area is 201 Å². The normalized spacial score (nSPS) is 22.9. The van der Waals surface area contributed by atoms with Crippen molar-refractivity contribution in [2.45, 2.75) is 31.7 Å². The number of halogens is 1. The molecule has 0 amide bonds. The summed E-state index contributed by atoms with van der Waals surface area (Å²) in [5.41, 5.74) is 2.33. The van der Waals surface area contributed by atoms with Gasteiger partial charge in [0, 0.05) is 26.7 Å². The topological polar surface area (TPSA) is 30.9 Å². The summed E-state index contributed by atoms with van der Waals surface area (Å²) in [5, 5.41) is 0. The van der Waals surface area contributed by atoms with Crippen LogP contribution in [0, 0.1) is 17.7 Å². The Bertz CT molecular complexity index is 1030. The third-order valence-electron chi connectivity index (χ3n) is 7.11. The highest BCUT2D eigenvalue weighted by Gasteiger charge is 2.42. The molecule has 1 saturated heterocycles. The highest BCUT2D eigenvalue weighted by atomic mass is 19.1. The van der Waals surface area contributed by atoms with Crippen molar-refractivity contribution in [2.24, 2.45) is 11.8 Å². The molecule has 2 aliphatic rings. The Balaban J connectivity index is 1.10. The van der Waals surface area contributed by atoms with Crippen molar-refractivity contribution < 1.29 is 18.6 Å². The molecule has 5 heteroatoms. The van der Waals surface area contributed by atoms with Gasteiger partial charge in [0.25, 0.3) is 0 Å².